The minimum absolute atomic E-state index is 0. The van der Waals surface area contributed by atoms with Crippen molar-refractivity contribution in [2.75, 3.05) is 0 Å². The number of furan rings is 1. The van der Waals surface area contributed by atoms with Crippen LogP contribution in [0.5, 0.6) is 0 Å². The molecule has 0 radical (unpaired) electrons. The van der Waals surface area contributed by atoms with Crippen LogP contribution in [0, 0.1) is 23.6 Å². The zero-order valence-electron chi connectivity index (χ0n) is 38.4. The van der Waals surface area contributed by atoms with Gasteiger partial charge in [-0.05, 0) is 74.4 Å². The van der Waals surface area contributed by atoms with E-state index in [2.05, 4.69) is 176 Å². The number of aryl methyl sites for hydroxylation is 1. The molecule has 5 nitrogen and oxygen atoms in total. The summed E-state index contributed by atoms with van der Waals surface area (Å²) in [7, 11) is 2.00. The molecule has 0 saturated carbocycles. The number of benzene rings is 6. The Morgan fingerprint density at radius 2 is 1.16 bits per heavy atom. The van der Waals surface area contributed by atoms with Crippen molar-refractivity contribution in [1.82, 2.24) is 15.0 Å². The predicted molar refractivity (Wildman–Crippen MR) is 272 cm³/mol. The Morgan fingerprint density at radius 3 is 1.79 bits per heavy atom. The molecule has 0 aliphatic heterocycles. The maximum Gasteiger partial charge on any atom is 3.00 e. The van der Waals surface area contributed by atoms with Gasteiger partial charge in [0.1, 0.15) is 7.05 Å². The first-order valence-electron chi connectivity index (χ1n) is 22.6. The SMILES string of the molecule is C[n+]1ccc2c(c1)oc1c(-c3cc(CC(C)(C)C)ccn3)[c-]ccc12.[Ir+3].[c-]1cc(-c2ccccc2-c2ccccc2-c2ccccc2-c2ccc(-c3[c-]cccc3)nc2)ccc1-c1ccccn1. The van der Waals surface area contributed by atoms with Crippen LogP contribution in [0.2, 0.25) is 0 Å². The van der Waals surface area contributed by atoms with Crippen molar-refractivity contribution in [1.29, 1.82) is 0 Å². The third-order valence-electron chi connectivity index (χ3n) is 11.8. The first-order valence-corrected chi connectivity index (χ1v) is 22.6. The summed E-state index contributed by atoms with van der Waals surface area (Å²) in [5, 5.41) is 2.22. The van der Waals surface area contributed by atoms with Crippen LogP contribution >= 0.6 is 0 Å². The quantitative estimate of drug-likeness (QED) is 0.112. The zero-order valence-corrected chi connectivity index (χ0v) is 40.8. The summed E-state index contributed by atoms with van der Waals surface area (Å²) in [6.45, 7) is 6.75. The van der Waals surface area contributed by atoms with Crippen molar-refractivity contribution < 1.29 is 29.1 Å². The first-order chi connectivity index (χ1) is 32.8. The van der Waals surface area contributed by atoms with Gasteiger partial charge in [-0.3, -0.25) is 0 Å². The minimum Gasteiger partial charge on any atom is -0.495 e. The van der Waals surface area contributed by atoms with E-state index in [-0.39, 0.29) is 25.5 Å². The molecule has 5 aromatic heterocycles. The van der Waals surface area contributed by atoms with Gasteiger partial charge in [0.2, 0.25) is 6.20 Å². The van der Waals surface area contributed by atoms with Crippen LogP contribution in [0.15, 0.2) is 211 Å². The second-order valence-electron chi connectivity index (χ2n) is 17.9. The molecule has 5 heterocycles. The van der Waals surface area contributed by atoms with Gasteiger partial charge in [0.05, 0.1) is 5.58 Å². The Hall–Kier alpha value is -7.63. The maximum absolute atomic E-state index is 6.17. The van der Waals surface area contributed by atoms with E-state index in [0.717, 1.165) is 84.4 Å². The number of rotatable bonds is 8. The molecular weight excluding hydrogens is 1010 g/mol. The molecule has 11 aromatic rings. The average molecular weight is 1060 g/mol. The molecule has 0 spiro atoms. The van der Waals surface area contributed by atoms with Crippen LogP contribution in [-0.2, 0) is 33.6 Å². The number of aromatic nitrogens is 4. The van der Waals surface area contributed by atoms with Crippen molar-refractivity contribution in [3.05, 3.63) is 231 Å². The van der Waals surface area contributed by atoms with E-state index in [1.807, 2.05) is 91.1 Å². The Balaban J connectivity index is 0.000000190. The van der Waals surface area contributed by atoms with E-state index in [4.69, 9.17) is 9.40 Å². The van der Waals surface area contributed by atoms with E-state index in [1.54, 1.807) is 0 Å². The number of hydrogen-bond acceptors (Lipinski definition) is 4. The molecule has 330 valence electrons. The summed E-state index contributed by atoms with van der Waals surface area (Å²) in [4.78, 5) is 13.8. The maximum atomic E-state index is 6.17. The minimum atomic E-state index is 0. The van der Waals surface area contributed by atoms with Gasteiger partial charge in [0.25, 0.3) is 0 Å². The summed E-state index contributed by atoms with van der Waals surface area (Å²) in [5.41, 5.74) is 18.1. The molecule has 0 fully saturated rings. The Kier molecular flexibility index (Phi) is 13.4. The number of hydrogen-bond donors (Lipinski definition) is 0. The molecule has 0 bridgehead atoms. The van der Waals surface area contributed by atoms with Crippen LogP contribution in [-0.4, -0.2) is 15.0 Å². The van der Waals surface area contributed by atoms with E-state index < -0.39 is 0 Å². The Bertz CT molecular complexity index is 3320. The van der Waals surface area contributed by atoms with Crippen molar-refractivity contribution in [2.45, 2.75) is 27.2 Å². The topological polar surface area (TPSA) is 55.7 Å². The van der Waals surface area contributed by atoms with Crippen LogP contribution < -0.4 is 4.57 Å². The monoisotopic (exact) mass is 1060 g/mol. The first kappa shape index (κ1) is 45.5. The van der Waals surface area contributed by atoms with Crippen LogP contribution in [0.25, 0.3) is 100 Å². The largest absolute Gasteiger partial charge is 3.00 e. The second kappa shape index (κ2) is 20.1. The van der Waals surface area contributed by atoms with Crippen molar-refractivity contribution in [2.24, 2.45) is 12.5 Å². The number of fused-ring (bicyclic) bond motifs is 3. The second-order valence-corrected chi connectivity index (χ2v) is 17.9. The molecule has 6 heteroatoms. The van der Waals surface area contributed by atoms with Crippen molar-refractivity contribution in [3.63, 3.8) is 0 Å². The summed E-state index contributed by atoms with van der Waals surface area (Å²) in [5.74, 6) is 0. The van der Waals surface area contributed by atoms with Gasteiger partial charge in [0.15, 0.2) is 11.8 Å². The molecule has 68 heavy (non-hydrogen) atoms. The van der Waals surface area contributed by atoms with Crippen LogP contribution in [0.3, 0.4) is 0 Å². The Labute approximate surface area is 412 Å². The van der Waals surface area contributed by atoms with Crippen molar-refractivity contribution >= 4 is 21.9 Å². The number of nitrogens with zero attached hydrogens (tertiary/aromatic N) is 4. The predicted octanol–water partition coefficient (Wildman–Crippen LogP) is 14.9. The normalized spacial score (nSPS) is 11.2. The van der Waals surface area contributed by atoms with Gasteiger partial charge in [0, 0.05) is 30.0 Å². The summed E-state index contributed by atoms with van der Waals surface area (Å²) >= 11 is 0. The zero-order chi connectivity index (χ0) is 45.7. The fraction of sp³-hybridized carbons (Fsp3) is 0.0968. The molecule has 0 unspecified atom stereocenters. The van der Waals surface area contributed by atoms with Gasteiger partial charge in [-0.2, -0.15) is 0 Å². The molecule has 0 atom stereocenters. The van der Waals surface area contributed by atoms with Gasteiger partial charge in [-0.15, -0.1) is 83.9 Å². The molecule has 0 aliphatic rings. The molecule has 0 aliphatic carbocycles. The summed E-state index contributed by atoms with van der Waals surface area (Å²) in [6.07, 6.45) is 10.7. The smallest absolute Gasteiger partial charge is 0.495 e. The molecule has 0 amide bonds. The summed E-state index contributed by atoms with van der Waals surface area (Å²) in [6, 6.07) is 70.6. The summed E-state index contributed by atoms with van der Waals surface area (Å²) < 4.78 is 8.16. The van der Waals surface area contributed by atoms with Gasteiger partial charge < -0.3 is 19.4 Å². The van der Waals surface area contributed by atoms with Gasteiger partial charge in [-0.25, -0.2) is 4.57 Å². The molecule has 0 N–H and O–H groups in total. The van der Waals surface area contributed by atoms with Gasteiger partial charge >= 0.3 is 20.1 Å². The van der Waals surface area contributed by atoms with E-state index in [9.17, 15) is 0 Å². The molecular formula is C62H48IrN4O+. The fourth-order valence-electron chi connectivity index (χ4n) is 8.74. The third kappa shape index (κ3) is 9.89. The third-order valence-corrected chi connectivity index (χ3v) is 11.8. The number of pyridine rings is 4. The van der Waals surface area contributed by atoms with Gasteiger partial charge in [-0.1, -0.05) is 152 Å². The molecule has 11 rings (SSSR count). The van der Waals surface area contributed by atoms with E-state index in [1.165, 1.54) is 27.8 Å². The molecule has 6 aromatic carbocycles. The Morgan fingerprint density at radius 1 is 0.529 bits per heavy atom. The fourth-order valence-corrected chi connectivity index (χ4v) is 8.74. The van der Waals surface area contributed by atoms with Crippen LogP contribution in [0.1, 0.15) is 26.3 Å². The molecule has 0 saturated heterocycles. The van der Waals surface area contributed by atoms with E-state index in [0.29, 0.717) is 0 Å². The average Bonchev–Trinajstić information content (AvgIpc) is 3.75. The van der Waals surface area contributed by atoms with Crippen molar-refractivity contribution in [3.8, 4) is 78.3 Å². The van der Waals surface area contributed by atoms with E-state index >= 15 is 0 Å². The van der Waals surface area contributed by atoms with Crippen LogP contribution in [0.4, 0.5) is 0 Å². The standard InChI is InChI=1S/C40H26N2.C22H22N2O.Ir/c1-2-12-30(13-3-1)40-26-25-32(28-42-40)34-15-5-7-17-36(34)38-19-9-8-18-37(38)35-16-6-4-14-33(35)29-21-23-31(24-22-29)39-20-10-11-27-41-39;1-22(2,3)13-15-8-10-23-19(12-15)18-7-5-6-17-16-9-11-24(4)14-20(16)25-21(17)18;/h1-12,14-23,25-28H;5-6,8-12,14H,13H2,1-4H3;/q-2;;+3.